The maximum Gasteiger partial charge on any atom is 0.407 e. The van der Waals surface area contributed by atoms with Crippen molar-refractivity contribution in [1.82, 2.24) is 10.2 Å². The standard InChI is InChI=1S/C17H22N2O4/c1-3-4-9-23-17(22)18-10-12(2)11-19-15(20)13-7-5-6-8-14(13)16(19)21/h5-8,12H,3-4,9-11H2,1-2H3,(H,18,22). The molecule has 2 rings (SSSR count). The topological polar surface area (TPSA) is 75.7 Å². The molecule has 0 radical (unpaired) electrons. The molecule has 0 fully saturated rings. The molecule has 0 saturated heterocycles. The fourth-order valence-electron chi connectivity index (χ4n) is 2.40. The molecule has 6 heteroatoms. The van der Waals surface area contributed by atoms with Crippen molar-refractivity contribution in [2.24, 2.45) is 5.92 Å². The molecule has 124 valence electrons. The summed E-state index contributed by atoms with van der Waals surface area (Å²) in [5, 5.41) is 2.66. The highest BCUT2D eigenvalue weighted by Crippen LogP contribution is 2.23. The van der Waals surface area contributed by atoms with E-state index in [9.17, 15) is 14.4 Å². The molecule has 0 aliphatic carbocycles. The molecule has 1 heterocycles. The van der Waals surface area contributed by atoms with Crippen LogP contribution in [0.25, 0.3) is 0 Å². The Bertz CT molecular complexity index is 565. The maximum absolute atomic E-state index is 12.2. The van der Waals surface area contributed by atoms with Crippen molar-refractivity contribution >= 4 is 17.9 Å². The predicted octanol–water partition coefficient (Wildman–Crippen LogP) is 2.45. The summed E-state index contributed by atoms with van der Waals surface area (Å²) in [5.41, 5.74) is 0.883. The first-order valence-electron chi connectivity index (χ1n) is 7.90. The van der Waals surface area contributed by atoms with Crippen molar-refractivity contribution in [2.45, 2.75) is 26.7 Å². The lowest BCUT2D eigenvalue weighted by atomic mass is 10.1. The van der Waals surface area contributed by atoms with Gasteiger partial charge >= 0.3 is 6.09 Å². The Morgan fingerprint density at radius 3 is 2.39 bits per heavy atom. The van der Waals surface area contributed by atoms with E-state index < -0.39 is 6.09 Å². The Hall–Kier alpha value is -2.37. The van der Waals surface area contributed by atoms with E-state index in [1.54, 1.807) is 24.3 Å². The monoisotopic (exact) mass is 318 g/mol. The van der Waals surface area contributed by atoms with Gasteiger partial charge in [-0.05, 0) is 24.5 Å². The minimum Gasteiger partial charge on any atom is -0.450 e. The fraction of sp³-hybridized carbons (Fsp3) is 0.471. The first-order valence-corrected chi connectivity index (χ1v) is 7.90. The van der Waals surface area contributed by atoms with Crippen LogP contribution in [0.2, 0.25) is 0 Å². The van der Waals surface area contributed by atoms with Gasteiger partial charge in [-0.3, -0.25) is 14.5 Å². The summed E-state index contributed by atoms with van der Waals surface area (Å²) in [5.74, 6) is -0.609. The maximum atomic E-state index is 12.2. The van der Waals surface area contributed by atoms with Crippen LogP contribution in [0.1, 0.15) is 47.4 Å². The van der Waals surface area contributed by atoms with Crippen LogP contribution in [-0.4, -0.2) is 42.5 Å². The number of rotatable bonds is 7. The van der Waals surface area contributed by atoms with E-state index in [1.807, 2.05) is 13.8 Å². The molecule has 1 N–H and O–H groups in total. The summed E-state index contributed by atoms with van der Waals surface area (Å²) in [6, 6.07) is 6.79. The van der Waals surface area contributed by atoms with Crippen molar-refractivity contribution in [3.05, 3.63) is 35.4 Å². The van der Waals surface area contributed by atoms with Gasteiger partial charge in [0.15, 0.2) is 0 Å². The average Bonchev–Trinajstić information content (AvgIpc) is 2.79. The summed E-state index contributed by atoms with van der Waals surface area (Å²) in [6.07, 6.45) is 1.33. The van der Waals surface area contributed by atoms with Gasteiger partial charge < -0.3 is 10.1 Å². The summed E-state index contributed by atoms with van der Waals surface area (Å²) in [7, 11) is 0. The number of hydrogen-bond donors (Lipinski definition) is 1. The number of hydrogen-bond acceptors (Lipinski definition) is 4. The van der Waals surface area contributed by atoms with E-state index in [1.165, 1.54) is 4.90 Å². The van der Waals surface area contributed by atoms with Gasteiger partial charge in [-0.15, -0.1) is 0 Å². The van der Waals surface area contributed by atoms with Crippen molar-refractivity contribution < 1.29 is 19.1 Å². The number of fused-ring (bicyclic) bond motifs is 1. The third kappa shape index (κ3) is 4.09. The molecule has 3 amide bonds. The normalized spacial score (nSPS) is 14.6. The first-order chi connectivity index (χ1) is 11.0. The van der Waals surface area contributed by atoms with Crippen LogP contribution in [0.3, 0.4) is 0 Å². The van der Waals surface area contributed by atoms with Crippen LogP contribution in [0, 0.1) is 5.92 Å². The highest BCUT2D eigenvalue weighted by atomic mass is 16.5. The smallest absolute Gasteiger partial charge is 0.407 e. The summed E-state index contributed by atoms with van der Waals surface area (Å²) in [6.45, 7) is 4.90. The molecule has 1 aromatic carbocycles. The number of nitrogens with one attached hydrogen (secondary N) is 1. The van der Waals surface area contributed by atoms with Crippen molar-refractivity contribution in [2.75, 3.05) is 19.7 Å². The zero-order chi connectivity index (χ0) is 16.8. The molecule has 0 spiro atoms. The lowest BCUT2D eigenvalue weighted by molar-refractivity contribution is 0.0632. The molecule has 23 heavy (non-hydrogen) atoms. The Morgan fingerprint density at radius 2 is 1.83 bits per heavy atom. The van der Waals surface area contributed by atoms with Crippen LogP contribution in [0.15, 0.2) is 24.3 Å². The van der Waals surface area contributed by atoms with Gasteiger partial charge in [0.25, 0.3) is 11.8 Å². The molecular weight excluding hydrogens is 296 g/mol. The SMILES string of the molecule is CCCCOC(=O)NCC(C)CN1C(=O)c2ccccc2C1=O. The fourth-order valence-corrected chi connectivity index (χ4v) is 2.40. The number of amides is 3. The lowest BCUT2D eigenvalue weighted by Crippen LogP contribution is -2.38. The van der Waals surface area contributed by atoms with Crippen molar-refractivity contribution in [1.29, 1.82) is 0 Å². The highest BCUT2D eigenvalue weighted by molar-refractivity contribution is 6.21. The predicted molar refractivity (Wildman–Crippen MR) is 85.2 cm³/mol. The Kier molecular flexibility index (Phi) is 5.73. The molecule has 0 aromatic heterocycles. The number of imide groups is 1. The van der Waals surface area contributed by atoms with E-state index in [0.29, 0.717) is 24.3 Å². The van der Waals surface area contributed by atoms with Gasteiger partial charge in [-0.2, -0.15) is 0 Å². The Labute approximate surface area is 135 Å². The van der Waals surface area contributed by atoms with E-state index in [2.05, 4.69) is 5.32 Å². The quantitative estimate of drug-likeness (QED) is 0.619. The molecule has 6 nitrogen and oxygen atoms in total. The summed E-state index contributed by atoms with van der Waals surface area (Å²) >= 11 is 0. The lowest BCUT2D eigenvalue weighted by Gasteiger charge is -2.19. The van der Waals surface area contributed by atoms with Crippen molar-refractivity contribution in [3.8, 4) is 0 Å². The van der Waals surface area contributed by atoms with E-state index in [-0.39, 0.29) is 24.3 Å². The second-order valence-corrected chi connectivity index (χ2v) is 5.74. The van der Waals surface area contributed by atoms with E-state index in [0.717, 1.165) is 12.8 Å². The zero-order valence-electron chi connectivity index (χ0n) is 13.5. The largest absolute Gasteiger partial charge is 0.450 e. The van der Waals surface area contributed by atoms with Gasteiger partial charge in [-0.25, -0.2) is 4.79 Å². The Balaban J connectivity index is 1.82. The van der Waals surface area contributed by atoms with Crippen molar-refractivity contribution in [3.63, 3.8) is 0 Å². The number of carbonyl (C=O) groups is 3. The van der Waals surface area contributed by atoms with Crippen LogP contribution < -0.4 is 5.32 Å². The number of nitrogens with zero attached hydrogens (tertiary/aromatic N) is 1. The molecule has 1 unspecified atom stereocenters. The zero-order valence-corrected chi connectivity index (χ0v) is 13.5. The van der Waals surface area contributed by atoms with E-state index in [4.69, 9.17) is 4.74 Å². The minimum atomic E-state index is -0.465. The molecule has 1 aromatic rings. The van der Waals surface area contributed by atoms with E-state index >= 15 is 0 Å². The molecule has 1 atom stereocenters. The van der Waals surface area contributed by atoms with Gasteiger partial charge in [-0.1, -0.05) is 32.4 Å². The first kappa shape index (κ1) is 17.0. The van der Waals surface area contributed by atoms with Gasteiger partial charge in [0.1, 0.15) is 0 Å². The number of benzene rings is 1. The van der Waals surface area contributed by atoms with Crippen LogP contribution >= 0.6 is 0 Å². The Morgan fingerprint density at radius 1 is 1.22 bits per heavy atom. The minimum absolute atomic E-state index is 0.0593. The number of unbranched alkanes of at least 4 members (excludes halogenated alkanes) is 1. The van der Waals surface area contributed by atoms with Crippen LogP contribution in [0.4, 0.5) is 4.79 Å². The van der Waals surface area contributed by atoms with Gasteiger partial charge in [0, 0.05) is 13.1 Å². The third-order valence-electron chi connectivity index (χ3n) is 3.70. The molecule has 1 aliphatic heterocycles. The second-order valence-electron chi connectivity index (χ2n) is 5.74. The van der Waals surface area contributed by atoms with Crippen LogP contribution in [-0.2, 0) is 4.74 Å². The number of carbonyl (C=O) groups excluding carboxylic acids is 3. The average molecular weight is 318 g/mol. The molecule has 0 bridgehead atoms. The summed E-state index contributed by atoms with van der Waals surface area (Å²) < 4.78 is 5.00. The third-order valence-corrected chi connectivity index (χ3v) is 3.70. The number of ether oxygens (including phenoxy) is 1. The molecular formula is C17H22N2O4. The van der Waals surface area contributed by atoms with Gasteiger partial charge in [0.05, 0.1) is 17.7 Å². The van der Waals surface area contributed by atoms with Crippen LogP contribution in [0.5, 0.6) is 0 Å². The van der Waals surface area contributed by atoms with Gasteiger partial charge in [0.2, 0.25) is 0 Å². The molecule has 0 saturated carbocycles. The molecule has 1 aliphatic rings. The number of alkyl carbamates (subject to hydrolysis) is 1. The highest BCUT2D eigenvalue weighted by Gasteiger charge is 2.35. The second kappa shape index (κ2) is 7.76. The summed E-state index contributed by atoms with van der Waals surface area (Å²) in [4.78, 5) is 37.2.